The number of esters is 2. The van der Waals surface area contributed by atoms with Crippen molar-refractivity contribution in [3.8, 4) is 0 Å². The zero-order valence-corrected chi connectivity index (χ0v) is 20.0. The molecule has 3 aromatic rings. The van der Waals surface area contributed by atoms with Crippen LogP contribution in [-0.2, 0) is 16.0 Å². The lowest BCUT2D eigenvalue weighted by molar-refractivity contribution is 0.0473. The minimum atomic E-state index is -0.732. The molecular formula is C27H24N2O7. The lowest BCUT2D eigenvalue weighted by Gasteiger charge is -2.14. The molecule has 2 amide bonds. The molecule has 1 aromatic heterocycles. The van der Waals surface area contributed by atoms with Crippen LogP contribution in [0.3, 0.4) is 0 Å². The number of amides is 2. The third kappa shape index (κ3) is 4.55. The average Bonchev–Trinajstić information content (AvgIpc) is 3.30. The van der Waals surface area contributed by atoms with Gasteiger partial charge in [-0.2, -0.15) is 0 Å². The van der Waals surface area contributed by atoms with Gasteiger partial charge in [0.15, 0.2) is 6.61 Å². The number of nitrogens with one attached hydrogen (secondary N) is 1. The standard InChI is InChI=1S/C27H24N2O7/c1-4-35-27(34)23-15(2)22(16(3)28-23)21(30)14-36-26(33)18-9-7-8-17(12-18)13-29-24(31)19-10-5-6-11-20(19)25(29)32/h5-12,28H,4,13-14H2,1-3H3. The highest BCUT2D eigenvalue weighted by Crippen LogP contribution is 2.25. The van der Waals surface area contributed by atoms with E-state index >= 15 is 0 Å². The quantitative estimate of drug-likeness (QED) is 0.292. The van der Waals surface area contributed by atoms with Crippen LogP contribution in [0.2, 0.25) is 0 Å². The van der Waals surface area contributed by atoms with Gasteiger partial charge in [-0.1, -0.05) is 24.3 Å². The van der Waals surface area contributed by atoms with Gasteiger partial charge in [0.25, 0.3) is 11.8 Å². The number of aryl methyl sites for hydroxylation is 1. The van der Waals surface area contributed by atoms with Gasteiger partial charge in [0, 0.05) is 11.3 Å². The third-order valence-electron chi connectivity index (χ3n) is 5.91. The molecule has 9 nitrogen and oxygen atoms in total. The molecule has 2 aromatic carbocycles. The van der Waals surface area contributed by atoms with Crippen LogP contribution in [-0.4, -0.2) is 52.6 Å². The number of aromatic amines is 1. The minimum Gasteiger partial charge on any atom is -0.461 e. The van der Waals surface area contributed by atoms with E-state index in [1.807, 2.05) is 0 Å². The van der Waals surface area contributed by atoms with Crippen molar-refractivity contribution >= 4 is 29.5 Å². The van der Waals surface area contributed by atoms with E-state index in [4.69, 9.17) is 9.47 Å². The number of fused-ring (bicyclic) bond motifs is 1. The summed E-state index contributed by atoms with van der Waals surface area (Å²) in [7, 11) is 0. The molecular weight excluding hydrogens is 464 g/mol. The number of imide groups is 1. The Hall–Kier alpha value is -4.53. The van der Waals surface area contributed by atoms with Gasteiger partial charge in [-0.25, -0.2) is 9.59 Å². The lowest BCUT2D eigenvalue weighted by Crippen LogP contribution is -2.29. The van der Waals surface area contributed by atoms with Gasteiger partial charge >= 0.3 is 11.9 Å². The molecule has 0 saturated carbocycles. The SMILES string of the molecule is CCOC(=O)c1[nH]c(C)c(C(=O)COC(=O)c2cccc(CN3C(=O)c4ccccc4C3=O)c2)c1C. The van der Waals surface area contributed by atoms with Crippen LogP contribution < -0.4 is 0 Å². The Balaban J connectivity index is 1.43. The summed E-state index contributed by atoms with van der Waals surface area (Å²) in [5.74, 6) is -2.55. The van der Waals surface area contributed by atoms with Crippen LogP contribution in [0, 0.1) is 13.8 Å². The number of hydrogen-bond donors (Lipinski definition) is 1. The fraction of sp³-hybridized carbons (Fsp3) is 0.222. The zero-order valence-electron chi connectivity index (χ0n) is 20.0. The molecule has 0 radical (unpaired) electrons. The van der Waals surface area contributed by atoms with Gasteiger partial charge in [0.05, 0.1) is 29.8 Å². The predicted molar refractivity (Wildman–Crippen MR) is 128 cm³/mol. The van der Waals surface area contributed by atoms with Crippen molar-refractivity contribution in [1.29, 1.82) is 0 Å². The number of carbonyl (C=O) groups excluding carboxylic acids is 5. The van der Waals surface area contributed by atoms with E-state index in [1.54, 1.807) is 57.2 Å². The number of carbonyl (C=O) groups is 5. The predicted octanol–water partition coefficient (Wildman–Crippen LogP) is 3.64. The second-order valence-electron chi connectivity index (χ2n) is 8.29. The maximum Gasteiger partial charge on any atom is 0.355 e. The van der Waals surface area contributed by atoms with Gasteiger partial charge in [-0.15, -0.1) is 0 Å². The number of ether oxygens (including phenoxy) is 2. The first-order valence-corrected chi connectivity index (χ1v) is 11.3. The van der Waals surface area contributed by atoms with Crippen LogP contribution in [0.5, 0.6) is 0 Å². The van der Waals surface area contributed by atoms with Crippen molar-refractivity contribution in [3.05, 3.63) is 93.3 Å². The smallest absolute Gasteiger partial charge is 0.355 e. The van der Waals surface area contributed by atoms with E-state index in [0.717, 1.165) is 4.90 Å². The summed E-state index contributed by atoms with van der Waals surface area (Å²) in [5.41, 5.74) is 2.77. The first kappa shape index (κ1) is 24.6. The molecule has 1 N–H and O–H groups in total. The Kier molecular flexibility index (Phi) is 6.82. The van der Waals surface area contributed by atoms with Crippen LogP contribution in [0.15, 0.2) is 48.5 Å². The van der Waals surface area contributed by atoms with Gasteiger partial charge in [-0.3, -0.25) is 19.3 Å². The lowest BCUT2D eigenvalue weighted by atomic mass is 10.1. The van der Waals surface area contributed by atoms with E-state index in [2.05, 4.69) is 4.98 Å². The molecule has 0 bridgehead atoms. The molecule has 4 rings (SSSR count). The first-order valence-electron chi connectivity index (χ1n) is 11.3. The molecule has 184 valence electrons. The Labute approximate surface area is 207 Å². The Morgan fingerprint density at radius 3 is 2.19 bits per heavy atom. The van der Waals surface area contributed by atoms with Crippen molar-refractivity contribution < 1.29 is 33.4 Å². The summed E-state index contributed by atoms with van der Waals surface area (Å²) in [4.78, 5) is 66.7. The maximum absolute atomic E-state index is 12.8. The third-order valence-corrected chi connectivity index (χ3v) is 5.91. The van der Waals surface area contributed by atoms with Crippen molar-refractivity contribution in [1.82, 2.24) is 9.88 Å². The van der Waals surface area contributed by atoms with Crippen LogP contribution in [0.1, 0.15) is 75.7 Å². The van der Waals surface area contributed by atoms with Gasteiger partial charge in [0.2, 0.25) is 5.78 Å². The van der Waals surface area contributed by atoms with Crippen molar-refractivity contribution in [2.24, 2.45) is 0 Å². The Bertz CT molecular complexity index is 1370. The first-order chi connectivity index (χ1) is 17.2. The Morgan fingerprint density at radius 1 is 0.889 bits per heavy atom. The van der Waals surface area contributed by atoms with Crippen molar-refractivity contribution in [3.63, 3.8) is 0 Å². The topological polar surface area (TPSA) is 123 Å². The largest absolute Gasteiger partial charge is 0.461 e. The highest BCUT2D eigenvalue weighted by atomic mass is 16.5. The highest BCUT2D eigenvalue weighted by Gasteiger charge is 2.35. The number of H-pyrrole nitrogens is 1. The van der Waals surface area contributed by atoms with Crippen LogP contribution in [0.25, 0.3) is 0 Å². The van der Waals surface area contributed by atoms with E-state index in [0.29, 0.717) is 27.9 Å². The number of hydrogen-bond acceptors (Lipinski definition) is 7. The summed E-state index contributed by atoms with van der Waals surface area (Å²) < 4.78 is 10.2. The highest BCUT2D eigenvalue weighted by molar-refractivity contribution is 6.21. The number of benzene rings is 2. The van der Waals surface area contributed by atoms with Gasteiger partial charge in [0.1, 0.15) is 5.69 Å². The van der Waals surface area contributed by atoms with Crippen molar-refractivity contribution in [2.75, 3.05) is 13.2 Å². The maximum atomic E-state index is 12.8. The van der Waals surface area contributed by atoms with E-state index in [9.17, 15) is 24.0 Å². The number of Topliss-reactive ketones (excluding diaryl/α,β-unsaturated/α-hetero) is 1. The molecule has 0 atom stereocenters. The summed E-state index contributed by atoms with van der Waals surface area (Å²) >= 11 is 0. The van der Waals surface area contributed by atoms with Crippen LogP contribution >= 0.6 is 0 Å². The fourth-order valence-corrected chi connectivity index (χ4v) is 4.22. The zero-order chi connectivity index (χ0) is 26.0. The van der Waals surface area contributed by atoms with Gasteiger partial charge < -0.3 is 14.5 Å². The summed E-state index contributed by atoms with van der Waals surface area (Å²) in [6.45, 7) is 4.61. The van der Waals surface area contributed by atoms with Gasteiger partial charge in [-0.05, 0) is 56.2 Å². The molecule has 0 aliphatic carbocycles. The molecule has 36 heavy (non-hydrogen) atoms. The molecule has 1 aliphatic rings. The fourth-order valence-electron chi connectivity index (χ4n) is 4.22. The number of nitrogens with zero attached hydrogens (tertiary/aromatic N) is 1. The normalized spacial score (nSPS) is 12.5. The molecule has 0 saturated heterocycles. The minimum absolute atomic E-state index is 0.00915. The molecule has 0 unspecified atom stereocenters. The monoisotopic (exact) mass is 488 g/mol. The van der Waals surface area contributed by atoms with Crippen LogP contribution in [0.4, 0.5) is 0 Å². The Morgan fingerprint density at radius 2 is 1.56 bits per heavy atom. The molecule has 2 heterocycles. The van der Waals surface area contributed by atoms with E-state index in [-0.39, 0.29) is 30.0 Å². The summed E-state index contributed by atoms with van der Waals surface area (Å²) in [6, 6.07) is 12.9. The molecule has 0 fully saturated rings. The molecule has 0 spiro atoms. The number of aromatic nitrogens is 1. The second-order valence-corrected chi connectivity index (χ2v) is 8.29. The average molecular weight is 488 g/mol. The summed E-state index contributed by atoms with van der Waals surface area (Å²) in [5, 5.41) is 0. The number of ketones is 1. The van der Waals surface area contributed by atoms with Crippen molar-refractivity contribution in [2.45, 2.75) is 27.3 Å². The number of rotatable bonds is 8. The van der Waals surface area contributed by atoms with E-state index in [1.165, 1.54) is 12.1 Å². The second kappa shape index (κ2) is 9.99. The molecule has 1 aliphatic heterocycles. The summed E-state index contributed by atoms with van der Waals surface area (Å²) in [6.07, 6.45) is 0. The van der Waals surface area contributed by atoms with E-state index < -0.39 is 36.1 Å². The molecule has 9 heteroatoms.